The summed E-state index contributed by atoms with van der Waals surface area (Å²) in [5.41, 5.74) is 0.858. The van der Waals surface area contributed by atoms with Gasteiger partial charge in [0.05, 0.1) is 22.8 Å². The van der Waals surface area contributed by atoms with Gasteiger partial charge in [-0.1, -0.05) is 6.07 Å². The second-order valence-electron chi connectivity index (χ2n) is 8.12. The maximum absolute atomic E-state index is 13.1. The smallest absolute Gasteiger partial charge is 0.265 e. The van der Waals surface area contributed by atoms with Crippen LogP contribution in [0.15, 0.2) is 17.5 Å². The predicted octanol–water partition coefficient (Wildman–Crippen LogP) is 4.14. The van der Waals surface area contributed by atoms with Gasteiger partial charge in [-0.15, -0.1) is 22.7 Å². The number of aromatic nitrogens is 1. The van der Waals surface area contributed by atoms with E-state index in [4.69, 9.17) is 4.74 Å². The topological polar surface area (TPSA) is 45.7 Å². The summed E-state index contributed by atoms with van der Waals surface area (Å²) in [6.07, 6.45) is 2.80. The van der Waals surface area contributed by atoms with E-state index < -0.39 is 0 Å². The van der Waals surface area contributed by atoms with E-state index in [1.54, 1.807) is 11.3 Å². The van der Waals surface area contributed by atoms with Crippen molar-refractivity contribution < 1.29 is 9.53 Å². The highest BCUT2D eigenvalue weighted by molar-refractivity contribution is 7.22. The molecule has 1 amide bonds. The first-order valence-electron chi connectivity index (χ1n) is 10.2. The zero-order valence-electron chi connectivity index (χ0n) is 16.9. The molecule has 28 heavy (non-hydrogen) atoms. The van der Waals surface area contributed by atoms with Crippen molar-refractivity contribution in [3.63, 3.8) is 0 Å². The summed E-state index contributed by atoms with van der Waals surface area (Å²) >= 11 is 3.21. The van der Waals surface area contributed by atoms with Crippen LogP contribution in [0.3, 0.4) is 0 Å². The zero-order chi connectivity index (χ0) is 19.7. The molecule has 0 radical (unpaired) electrons. The number of aryl methyl sites for hydroxylation is 1. The SMILES string of the molecule is Cc1nc(-c2cccs2)sc1C(=O)N1CCC(CN2CC(C)OC(C)C2)CC1. The summed E-state index contributed by atoms with van der Waals surface area (Å²) in [6, 6.07) is 4.09. The molecule has 0 spiro atoms. The van der Waals surface area contributed by atoms with Crippen LogP contribution < -0.4 is 0 Å². The van der Waals surface area contributed by atoms with Crippen molar-refractivity contribution in [3.8, 4) is 9.88 Å². The van der Waals surface area contributed by atoms with Crippen LogP contribution in [0.25, 0.3) is 9.88 Å². The van der Waals surface area contributed by atoms with Crippen LogP contribution in [0, 0.1) is 12.8 Å². The minimum absolute atomic E-state index is 0.157. The Hall–Kier alpha value is -1.28. The van der Waals surface area contributed by atoms with Gasteiger partial charge in [0, 0.05) is 32.7 Å². The van der Waals surface area contributed by atoms with Crippen LogP contribution in [0.4, 0.5) is 0 Å². The lowest BCUT2D eigenvalue weighted by molar-refractivity contribution is -0.0728. The monoisotopic (exact) mass is 419 g/mol. The molecular formula is C21H29N3O2S2. The summed E-state index contributed by atoms with van der Waals surface area (Å²) in [5.74, 6) is 0.829. The highest BCUT2D eigenvalue weighted by Gasteiger charge is 2.29. The zero-order valence-corrected chi connectivity index (χ0v) is 18.5. The first-order chi connectivity index (χ1) is 13.5. The van der Waals surface area contributed by atoms with Crippen molar-refractivity contribution in [3.05, 3.63) is 28.1 Å². The quantitative estimate of drug-likeness (QED) is 0.747. The summed E-state index contributed by atoms with van der Waals surface area (Å²) in [5, 5.41) is 3.01. The molecule has 2 aliphatic rings. The van der Waals surface area contributed by atoms with Crippen LogP contribution in [0.1, 0.15) is 42.1 Å². The van der Waals surface area contributed by atoms with Crippen molar-refractivity contribution in [2.75, 3.05) is 32.7 Å². The number of thiophene rings is 1. The minimum atomic E-state index is 0.157. The van der Waals surface area contributed by atoms with E-state index in [-0.39, 0.29) is 5.91 Å². The van der Waals surface area contributed by atoms with Crippen LogP contribution in [0.2, 0.25) is 0 Å². The van der Waals surface area contributed by atoms with Gasteiger partial charge in [0.15, 0.2) is 0 Å². The van der Waals surface area contributed by atoms with E-state index in [0.717, 1.165) is 66.0 Å². The molecule has 0 saturated carbocycles. The molecule has 2 aliphatic heterocycles. The van der Waals surface area contributed by atoms with Gasteiger partial charge in [0.1, 0.15) is 9.88 Å². The number of carbonyl (C=O) groups is 1. The third kappa shape index (κ3) is 4.48. The number of piperidine rings is 1. The number of morpholine rings is 1. The van der Waals surface area contributed by atoms with Gasteiger partial charge in [-0.2, -0.15) is 0 Å². The Labute approximate surface area is 175 Å². The molecule has 5 nitrogen and oxygen atoms in total. The fourth-order valence-electron chi connectivity index (χ4n) is 4.36. The standard InChI is InChI=1S/C21H29N3O2S2/c1-14-11-23(12-15(2)26-14)13-17-6-8-24(9-7-17)21(25)19-16(3)22-20(28-19)18-5-4-10-27-18/h4-5,10,14-15,17H,6-9,11-13H2,1-3H3. The van der Waals surface area contributed by atoms with Gasteiger partial charge in [0.25, 0.3) is 5.91 Å². The van der Waals surface area contributed by atoms with Gasteiger partial charge < -0.3 is 9.64 Å². The Kier molecular flexibility index (Phi) is 6.16. The molecule has 2 unspecified atom stereocenters. The van der Waals surface area contributed by atoms with Crippen molar-refractivity contribution >= 4 is 28.6 Å². The molecule has 0 bridgehead atoms. The average molecular weight is 420 g/mol. The van der Waals surface area contributed by atoms with Gasteiger partial charge in [-0.05, 0) is 51.0 Å². The Morgan fingerprint density at radius 3 is 2.61 bits per heavy atom. The number of amides is 1. The Morgan fingerprint density at radius 2 is 1.96 bits per heavy atom. The first kappa shape index (κ1) is 20.0. The van der Waals surface area contributed by atoms with Gasteiger partial charge in [-0.25, -0.2) is 4.98 Å². The van der Waals surface area contributed by atoms with Crippen molar-refractivity contribution in [2.24, 2.45) is 5.92 Å². The summed E-state index contributed by atoms with van der Waals surface area (Å²) in [4.78, 5) is 24.2. The maximum atomic E-state index is 13.1. The van der Waals surface area contributed by atoms with Crippen LogP contribution in [-0.4, -0.2) is 65.6 Å². The highest BCUT2D eigenvalue weighted by Crippen LogP contribution is 2.32. The third-order valence-electron chi connectivity index (χ3n) is 5.64. The Morgan fingerprint density at radius 1 is 1.25 bits per heavy atom. The number of carbonyl (C=O) groups excluding carboxylic acids is 1. The van der Waals surface area contributed by atoms with Crippen LogP contribution in [0.5, 0.6) is 0 Å². The maximum Gasteiger partial charge on any atom is 0.265 e. The molecule has 152 valence electrons. The molecule has 0 N–H and O–H groups in total. The number of likely N-dealkylation sites (tertiary alicyclic amines) is 1. The molecule has 2 atom stereocenters. The van der Waals surface area contributed by atoms with E-state index in [9.17, 15) is 4.79 Å². The molecule has 2 fully saturated rings. The lowest BCUT2D eigenvalue weighted by Crippen LogP contribution is -2.48. The number of rotatable bonds is 4. The highest BCUT2D eigenvalue weighted by atomic mass is 32.1. The molecule has 2 aromatic rings. The fourth-order valence-corrected chi connectivity index (χ4v) is 6.19. The predicted molar refractivity (Wildman–Crippen MR) is 115 cm³/mol. The van der Waals surface area contributed by atoms with Crippen molar-refractivity contribution in [1.82, 2.24) is 14.8 Å². The second kappa shape index (κ2) is 8.61. The lowest BCUT2D eigenvalue weighted by Gasteiger charge is -2.39. The molecule has 7 heteroatoms. The molecule has 4 rings (SSSR count). The van der Waals surface area contributed by atoms with E-state index in [0.29, 0.717) is 18.1 Å². The van der Waals surface area contributed by atoms with E-state index in [1.165, 1.54) is 11.3 Å². The largest absolute Gasteiger partial charge is 0.373 e. The second-order valence-corrected chi connectivity index (χ2v) is 10.1. The Bertz CT molecular complexity index is 787. The summed E-state index contributed by atoms with van der Waals surface area (Å²) in [6.45, 7) is 11.1. The van der Waals surface area contributed by atoms with Gasteiger partial charge in [0.2, 0.25) is 0 Å². The normalized spacial score (nSPS) is 24.6. The van der Waals surface area contributed by atoms with Crippen LogP contribution in [-0.2, 0) is 4.74 Å². The third-order valence-corrected chi connectivity index (χ3v) is 7.82. The number of nitrogens with zero attached hydrogens (tertiary/aromatic N) is 3. The van der Waals surface area contributed by atoms with Gasteiger partial charge in [-0.3, -0.25) is 9.69 Å². The molecule has 0 aromatic carbocycles. The number of thiazole rings is 1. The van der Waals surface area contributed by atoms with Crippen LogP contribution >= 0.6 is 22.7 Å². The van der Waals surface area contributed by atoms with E-state index in [1.807, 2.05) is 23.3 Å². The first-order valence-corrected chi connectivity index (χ1v) is 11.9. The number of hydrogen-bond acceptors (Lipinski definition) is 6. The van der Waals surface area contributed by atoms with Gasteiger partial charge >= 0.3 is 0 Å². The fraction of sp³-hybridized carbons (Fsp3) is 0.619. The van der Waals surface area contributed by atoms with Crippen molar-refractivity contribution in [2.45, 2.75) is 45.8 Å². The number of hydrogen-bond donors (Lipinski definition) is 0. The molecule has 2 saturated heterocycles. The minimum Gasteiger partial charge on any atom is -0.373 e. The Balaban J connectivity index is 1.33. The molecular weight excluding hydrogens is 390 g/mol. The van der Waals surface area contributed by atoms with E-state index in [2.05, 4.69) is 29.8 Å². The van der Waals surface area contributed by atoms with Crippen molar-refractivity contribution in [1.29, 1.82) is 0 Å². The lowest BCUT2D eigenvalue weighted by atomic mass is 9.95. The van der Waals surface area contributed by atoms with E-state index >= 15 is 0 Å². The molecule has 4 heterocycles. The molecule has 2 aromatic heterocycles. The molecule has 0 aliphatic carbocycles. The summed E-state index contributed by atoms with van der Waals surface area (Å²) in [7, 11) is 0. The average Bonchev–Trinajstić information content (AvgIpc) is 3.30. The summed E-state index contributed by atoms with van der Waals surface area (Å²) < 4.78 is 5.84. The number of ether oxygens (including phenoxy) is 1.